The number of aromatic nitrogens is 5. The maximum atomic E-state index is 12.7. The Morgan fingerprint density at radius 2 is 2.07 bits per heavy atom. The molecule has 0 amide bonds. The number of aromatic amines is 1. The molecule has 8 heteroatoms. The molecule has 4 rings (SSSR count). The summed E-state index contributed by atoms with van der Waals surface area (Å²) in [6.07, 6.45) is 7.15. The summed E-state index contributed by atoms with van der Waals surface area (Å²) in [7, 11) is 3.27. The fraction of sp³-hybridized carbons (Fsp3) is 0.250. The van der Waals surface area contributed by atoms with Crippen LogP contribution in [0.5, 0.6) is 5.75 Å². The standard InChI is InChI=1S/C20H21N5O3/c1-27-8-7-25-13-21-11-15(25)12-24-6-5-22-19(24)17-9-14-3-4-16(28-2)10-18(14)23-20(17)26/h3-6,9-11,13H,7-8,12H2,1-2H3,(H,23,26). The van der Waals surface area contributed by atoms with Crippen molar-refractivity contribution >= 4 is 10.9 Å². The lowest BCUT2D eigenvalue weighted by Crippen LogP contribution is -2.14. The molecule has 0 fully saturated rings. The van der Waals surface area contributed by atoms with Crippen molar-refractivity contribution in [3.63, 3.8) is 0 Å². The van der Waals surface area contributed by atoms with Gasteiger partial charge in [0, 0.05) is 38.3 Å². The van der Waals surface area contributed by atoms with E-state index < -0.39 is 0 Å². The molecule has 0 saturated heterocycles. The molecule has 144 valence electrons. The first-order valence-corrected chi connectivity index (χ1v) is 8.90. The zero-order valence-electron chi connectivity index (χ0n) is 15.8. The molecule has 0 aliphatic rings. The zero-order valence-corrected chi connectivity index (χ0v) is 15.8. The van der Waals surface area contributed by atoms with Gasteiger partial charge in [0.1, 0.15) is 11.6 Å². The van der Waals surface area contributed by atoms with Crippen LogP contribution in [0.2, 0.25) is 0 Å². The maximum Gasteiger partial charge on any atom is 0.259 e. The second-order valence-corrected chi connectivity index (χ2v) is 6.42. The first-order valence-electron chi connectivity index (χ1n) is 8.90. The summed E-state index contributed by atoms with van der Waals surface area (Å²) < 4.78 is 14.4. The van der Waals surface area contributed by atoms with E-state index in [9.17, 15) is 4.79 Å². The summed E-state index contributed by atoms with van der Waals surface area (Å²) in [5.41, 5.74) is 2.06. The van der Waals surface area contributed by atoms with Crippen LogP contribution in [0.3, 0.4) is 0 Å². The summed E-state index contributed by atoms with van der Waals surface area (Å²) in [5.74, 6) is 1.31. The number of nitrogens with zero attached hydrogens (tertiary/aromatic N) is 4. The number of imidazole rings is 2. The lowest BCUT2D eigenvalue weighted by molar-refractivity contribution is 0.186. The molecule has 1 N–H and O–H groups in total. The molecule has 0 aliphatic carbocycles. The van der Waals surface area contributed by atoms with E-state index in [4.69, 9.17) is 9.47 Å². The molecule has 3 heterocycles. The van der Waals surface area contributed by atoms with Crippen LogP contribution < -0.4 is 10.3 Å². The summed E-state index contributed by atoms with van der Waals surface area (Å²) >= 11 is 0. The van der Waals surface area contributed by atoms with Gasteiger partial charge in [0.15, 0.2) is 0 Å². The third-order valence-electron chi connectivity index (χ3n) is 4.68. The van der Waals surface area contributed by atoms with Crippen molar-refractivity contribution in [3.8, 4) is 17.1 Å². The zero-order chi connectivity index (χ0) is 19.5. The van der Waals surface area contributed by atoms with Crippen molar-refractivity contribution in [1.29, 1.82) is 0 Å². The van der Waals surface area contributed by atoms with Gasteiger partial charge in [-0.05, 0) is 23.6 Å². The van der Waals surface area contributed by atoms with Gasteiger partial charge in [-0.15, -0.1) is 0 Å². The number of pyridine rings is 1. The highest BCUT2D eigenvalue weighted by Crippen LogP contribution is 2.22. The number of hydrogen-bond donors (Lipinski definition) is 1. The number of H-pyrrole nitrogens is 1. The first-order chi connectivity index (χ1) is 13.7. The molecule has 0 atom stereocenters. The molecular weight excluding hydrogens is 358 g/mol. The van der Waals surface area contributed by atoms with Gasteiger partial charge in [0.05, 0.1) is 43.4 Å². The molecule has 0 saturated carbocycles. The van der Waals surface area contributed by atoms with Crippen LogP contribution in [0.1, 0.15) is 5.69 Å². The molecule has 0 radical (unpaired) electrons. The molecule has 28 heavy (non-hydrogen) atoms. The molecule has 0 spiro atoms. The number of rotatable bonds is 7. The largest absolute Gasteiger partial charge is 0.497 e. The highest BCUT2D eigenvalue weighted by molar-refractivity contribution is 5.83. The van der Waals surface area contributed by atoms with Crippen molar-refractivity contribution < 1.29 is 9.47 Å². The normalized spacial score (nSPS) is 11.2. The van der Waals surface area contributed by atoms with E-state index >= 15 is 0 Å². The van der Waals surface area contributed by atoms with Gasteiger partial charge in [0.2, 0.25) is 0 Å². The molecular formula is C20H21N5O3. The Balaban J connectivity index is 1.70. The molecule has 0 bridgehead atoms. The van der Waals surface area contributed by atoms with Crippen LogP contribution in [-0.2, 0) is 17.8 Å². The average Bonchev–Trinajstić information content (AvgIpc) is 3.35. The second-order valence-electron chi connectivity index (χ2n) is 6.42. The Morgan fingerprint density at radius 1 is 1.18 bits per heavy atom. The molecule has 1 aromatic carbocycles. The minimum Gasteiger partial charge on any atom is -0.497 e. The van der Waals surface area contributed by atoms with Crippen LogP contribution in [0, 0.1) is 0 Å². The number of nitrogens with one attached hydrogen (secondary N) is 1. The third-order valence-corrected chi connectivity index (χ3v) is 4.68. The summed E-state index contributed by atoms with van der Waals surface area (Å²) in [4.78, 5) is 24.3. The second kappa shape index (κ2) is 7.69. The Morgan fingerprint density at radius 3 is 2.89 bits per heavy atom. The topological polar surface area (TPSA) is 87.0 Å². The summed E-state index contributed by atoms with van der Waals surface area (Å²) in [6.45, 7) is 1.88. The van der Waals surface area contributed by atoms with E-state index in [2.05, 4.69) is 15.0 Å². The summed E-state index contributed by atoms with van der Waals surface area (Å²) in [6, 6.07) is 7.45. The highest BCUT2D eigenvalue weighted by Gasteiger charge is 2.13. The Hall–Kier alpha value is -3.39. The summed E-state index contributed by atoms with van der Waals surface area (Å²) in [5, 5.41) is 0.912. The number of fused-ring (bicyclic) bond motifs is 1. The number of benzene rings is 1. The van der Waals surface area contributed by atoms with E-state index in [0.717, 1.165) is 16.6 Å². The number of ether oxygens (including phenoxy) is 2. The molecule has 0 unspecified atom stereocenters. The Labute approximate surface area is 161 Å². The molecule has 3 aromatic heterocycles. The Kier molecular flexibility index (Phi) is 4.94. The fourth-order valence-corrected chi connectivity index (χ4v) is 3.20. The third kappa shape index (κ3) is 3.41. The van der Waals surface area contributed by atoms with Gasteiger partial charge in [-0.2, -0.15) is 0 Å². The monoisotopic (exact) mass is 379 g/mol. The van der Waals surface area contributed by atoms with Crippen LogP contribution in [-0.4, -0.2) is 44.9 Å². The van der Waals surface area contributed by atoms with Gasteiger partial charge in [-0.25, -0.2) is 9.97 Å². The van der Waals surface area contributed by atoms with Crippen LogP contribution in [0.4, 0.5) is 0 Å². The van der Waals surface area contributed by atoms with E-state index in [-0.39, 0.29) is 5.56 Å². The van der Waals surface area contributed by atoms with E-state index in [1.807, 2.05) is 39.7 Å². The lowest BCUT2D eigenvalue weighted by atomic mass is 10.1. The molecule has 8 nitrogen and oxygen atoms in total. The highest BCUT2D eigenvalue weighted by atomic mass is 16.5. The van der Waals surface area contributed by atoms with Crippen molar-refractivity contribution in [2.24, 2.45) is 0 Å². The van der Waals surface area contributed by atoms with Crippen molar-refractivity contribution in [2.75, 3.05) is 20.8 Å². The van der Waals surface area contributed by atoms with Gasteiger partial charge in [0.25, 0.3) is 5.56 Å². The first kappa shape index (κ1) is 18.0. The quantitative estimate of drug-likeness (QED) is 0.532. The van der Waals surface area contributed by atoms with Gasteiger partial charge in [-0.1, -0.05) is 0 Å². The van der Waals surface area contributed by atoms with Crippen molar-refractivity contribution in [1.82, 2.24) is 24.1 Å². The van der Waals surface area contributed by atoms with E-state index in [1.54, 1.807) is 32.8 Å². The van der Waals surface area contributed by atoms with Gasteiger partial charge < -0.3 is 23.6 Å². The molecule has 0 aliphatic heterocycles. The predicted octanol–water partition coefficient (Wildman–Crippen LogP) is 2.29. The van der Waals surface area contributed by atoms with Crippen molar-refractivity contribution in [2.45, 2.75) is 13.1 Å². The van der Waals surface area contributed by atoms with Crippen molar-refractivity contribution in [3.05, 3.63) is 65.2 Å². The lowest BCUT2D eigenvalue weighted by Gasteiger charge is -2.11. The minimum atomic E-state index is -0.193. The predicted molar refractivity (Wildman–Crippen MR) is 106 cm³/mol. The average molecular weight is 379 g/mol. The van der Waals surface area contributed by atoms with E-state index in [0.29, 0.717) is 36.8 Å². The van der Waals surface area contributed by atoms with Crippen LogP contribution >= 0.6 is 0 Å². The van der Waals surface area contributed by atoms with E-state index in [1.165, 1.54) is 0 Å². The van der Waals surface area contributed by atoms with Gasteiger partial charge >= 0.3 is 0 Å². The number of hydrogen-bond acceptors (Lipinski definition) is 5. The Bertz CT molecular complexity index is 1160. The SMILES string of the molecule is COCCn1cncc1Cn1ccnc1-c1cc2ccc(OC)cc2[nH]c1=O. The van der Waals surface area contributed by atoms with Gasteiger partial charge in [-0.3, -0.25) is 4.79 Å². The van der Waals surface area contributed by atoms with Crippen LogP contribution in [0.25, 0.3) is 22.3 Å². The minimum absolute atomic E-state index is 0.193. The fourth-order valence-electron chi connectivity index (χ4n) is 3.20. The molecule has 4 aromatic rings. The smallest absolute Gasteiger partial charge is 0.259 e. The number of methoxy groups -OCH3 is 2. The van der Waals surface area contributed by atoms with Crippen LogP contribution in [0.15, 0.2) is 54.0 Å². The maximum absolute atomic E-state index is 12.7.